The second-order valence-corrected chi connectivity index (χ2v) is 5.69. The van der Waals surface area contributed by atoms with Crippen LogP contribution < -0.4 is 4.90 Å². The van der Waals surface area contributed by atoms with Crippen molar-refractivity contribution in [1.29, 1.82) is 0 Å². The van der Waals surface area contributed by atoms with Gasteiger partial charge in [0.1, 0.15) is 5.71 Å². The second-order valence-electron chi connectivity index (χ2n) is 5.69. The molecular weight excluding hydrogens is 349 g/mol. The predicted octanol–water partition coefficient (Wildman–Crippen LogP) is 3.28. The number of ether oxygens (including phenoxy) is 1. The van der Waals surface area contributed by atoms with E-state index >= 15 is 0 Å². The standard InChI is InChI=1S/C18H19F3N2O3/c1-4-6-11-17(18(19,20)21,16(25)26-5-2)22-14-12-9-7-8-10-13(12)23(3)15(14)24/h4,6-10H,5,11H2,1-3H3/b6-4+,22-14?/t17-/m1/s1. The molecule has 0 aliphatic carbocycles. The number of para-hydroxylation sites is 1. The van der Waals surface area contributed by atoms with Gasteiger partial charge in [-0.15, -0.1) is 0 Å². The van der Waals surface area contributed by atoms with E-state index < -0.39 is 35.7 Å². The molecule has 0 fully saturated rings. The van der Waals surface area contributed by atoms with Crippen molar-refractivity contribution in [3.05, 3.63) is 42.0 Å². The van der Waals surface area contributed by atoms with Crippen molar-refractivity contribution in [3.8, 4) is 0 Å². The van der Waals surface area contributed by atoms with Crippen molar-refractivity contribution in [3.63, 3.8) is 0 Å². The molecule has 1 heterocycles. The Balaban J connectivity index is 2.72. The molecule has 5 nitrogen and oxygen atoms in total. The molecule has 1 atom stereocenters. The fraction of sp³-hybridized carbons (Fsp3) is 0.389. The quantitative estimate of drug-likeness (QED) is 0.592. The molecular formula is C18H19F3N2O3. The van der Waals surface area contributed by atoms with Crippen molar-refractivity contribution in [2.24, 2.45) is 4.99 Å². The number of allylic oxidation sites excluding steroid dienone is 1. The average molecular weight is 368 g/mol. The molecule has 0 saturated heterocycles. The van der Waals surface area contributed by atoms with Gasteiger partial charge in [0, 0.05) is 19.0 Å². The molecule has 8 heteroatoms. The molecule has 1 aliphatic heterocycles. The molecule has 0 spiro atoms. The van der Waals surface area contributed by atoms with Crippen LogP contribution in [0, 0.1) is 0 Å². The van der Waals surface area contributed by atoms with Crippen LogP contribution in [-0.4, -0.2) is 43.0 Å². The molecule has 0 bridgehead atoms. The maximum Gasteiger partial charge on any atom is 0.424 e. The van der Waals surface area contributed by atoms with Gasteiger partial charge in [-0.05, 0) is 19.9 Å². The van der Waals surface area contributed by atoms with Crippen molar-refractivity contribution >= 4 is 23.3 Å². The summed E-state index contributed by atoms with van der Waals surface area (Å²) in [6.45, 7) is 2.71. The molecule has 0 N–H and O–H groups in total. The summed E-state index contributed by atoms with van der Waals surface area (Å²) in [7, 11) is 1.44. The van der Waals surface area contributed by atoms with Crippen molar-refractivity contribution in [1.82, 2.24) is 0 Å². The SMILES string of the molecule is C/C=C/C[C@@](N=C1C(=O)N(C)c2ccccc21)(C(=O)OCC)C(F)(F)F. The van der Waals surface area contributed by atoms with E-state index in [4.69, 9.17) is 0 Å². The average Bonchev–Trinajstić information content (AvgIpc) is 2.82. The molecule has 1 amide bonds. The van der Waals surface area contributed by atoms with Gasteiger partial charge < -0.3 is 9.64 Å². The number of nitrogens with zero attached hydrogens (tertiary/aromatic N) is 2. The largest absolute Gasteiger partial charge is 0.464 e. The summed E-state index contributed by atoms with van der Waals surface area (Å²) in [4.78, 5) is 29.7. The number of fused-ring (bicyclic) bond motifs is 1. The predicted molar refractivity (Wildman–Crippen MR) is 91.2 cm³/mol. The number of aliphatic imine (C=N–C) groups is 1. The third-order valence-electron chi connectivity index (χ3n) is 4.06. The number of rotatable bonds is 5. The first-order valence-electron chi connectivity index (χ1n) is 8.02. The normalized spacial score (nSPS) is 18.3. The summed E-state index contributed by atoms with van der Waals surface area (Å²) in [6.07, 6.45) is -3.23. The molecule has 0 unspecified atom stereocenters. The monoisotopic (exact) mass is 368 g/mol. The highest BCUT2D eigenvalue weighted by atomic mass is 19.4. The summed E-state index contributed by atoms with van der Waals surface area (Å²) in [5.74, 6) is -2.23. The Hall–Kier alpha value is -2.64. The van der Waals surface area contributed by atoms with Gasteiger partial charge in [0.25, 0.3) is 11.4 Å². The van der Waals surface area contributed by atoms with Gasteiger partial charge in [-0.1, -0.05) is 30.4 Å². The summed E-state index contributed by atoms with van der Waals surface area (Å²) < 4.78 is 46.5. The van der Waals surface area contributed by atoms with Gasteiger partial charge in [-0.3, -0.25) is 9.79 Å². The number of anilines is 1. The van der Waals surface area contributed by atoms with E-state index in [1.54, 1.807) is 18.2 Å². The summed E-state index contributed by atoms with van der Waals surface area (Å²) in [5.41, 5.74) is -2.91. The molecule has 26 heavy (non-hydrogen) atoms. The molecule has 0 aromatic heterocycles. The van der Waals surface area contributed by atoms with Crippen LogP contribution in [0.4, 0.5) is 18.9 Å². The van der Waals surface area contributed by atoms with Crippen molar-refractivity contribution < 1.29 is 27.5 Å². The van der Waals surface area contributed by atoms with Crippen LogP contribution in [0.2, 0.25) is 0 Å². The Kier molecular flexibility index (Phi) is 5.53. The van der Waals surface area contributed by atoms with E-state index in [1.165, 1.54) is 44.0 Å². The lowest BCUT2D eigenvalue weighted by Gasteiger charge is -2.29. The molecule has 0 radical (unpaired) electrons. The number of benzene rings is 1. The van der Waals surface area contributed by atoms with E-state index in [0.717, 1.165) is 0 Å². The van der Waals surface area contributed by atoms with Crippen LogP contribution in [-0.2, 0) is 14.3 Å². The molecule has 140 valence electrons. The molecule has 1 aromatic carbocycles. The van der Waals surface area contributed by atoms with Gasteiger partial charge in [-0.25, -0.2) is 4.79 Å². The smallest absolute Gasteiger partial charge is 0.424 e. The lowest BCUT2D eigenvalue weighted by molar-refractivity contribution is -0.204. The number of halogens is 3. The zero-order valence-electron chi connectivity index (χ0n) is 14.6. The summed E-state index contributed by atoms with van der Waals surface area (Å²) in [6, 6.07) is 6.35. The van der Waals surface area contributed by atoms with Gasteiger partial charge >= 0.3 is 12.1 Å². The highest BCUT2D eigenvalue weighted by Crippen LogP contribution is 2.40. The lowest BCUT2D eigenvalue weighted by atomic mass is 9.93. The maximum absolute atomic E-state index is 14.0. The van der Waals surface area contributed by atoms with E-state index in [0.29, 0.717) is 5.69 Å². The number of amides is 1. The van der Waals surface area contributed by atoms with E-state index in [2.05, 4.69) is 9.73 Å². The third-order valence-corrected chi connectivity index (χ3v) is 4.06. The van der Waals surface area contributed by atoms with Crippen molar-refractivity contribution in [2.75, 3.05) is 18.6 Å². The van der Waals surface area contributed by atoms with Gasteiger partial charge in [0.2, 0.25) is 0 Å². The number of hydrogen-bond acceptors (Lipinski definition) is 4. The lowest BCUT2D eigenvalue weighted by Crippen LogP contribution is -2.52. The minimum absolute atomic E-state index is 0.234. The number of hydrogen-bond donors (Lipinski definition) is 0. The van der Waals surface area contributed by atoms with Crippen LogP contribution in [0.5, 0.6) is 0 Å². The van der Waals surface area contributed by atoms with Crippen LogP contribution in [0.25, 0.3) is 0 Å². The fourth-order valence-electron chi connectivity index (χ4n) is 2.66. The summed E-state index contributed by atoms with van der Waals surface area (Å²) >= 11 is 0. The number of carbonyl (C=O) groups excluding carboxylic acids is 2. The van der Waals surface area contributed by atoms with Gasteiger partial charge in [0.05, 0.1) is 12.3 Å². The number of alkyl halides is 3. The Morgan fingerprint density at radius 3 is 2.54 bits per heavy atom. The van der Waals surface area contributed by atoms with Gasteiger partial charge in [-0.2, -0.15) is 13.2 Å². The van der Waals surface area contributed by atoms with E-state index in [-0.39, 0.29) is 12.2 Å². The third kappa shape index (κ3) is 3.23. The highest BCUT2D eigenvalue weighted by Gasteiger charge is 2.62. The molecule has 2 rings (SSSR count). The highest BCUT2D eigenvalue weighted by molar-refractivity contribution is 6.54. The van der Waals surface area contributed by atoms with Crippen LogP contribution in [0.1, 0.15) is 25.8 Å². The Morgan fingerprint density at radius 1 is 1.31 bits per heavy atom. The molecule has 0 saturated carbocycles. The number of carbonyl (C=O) groups is 2. The topological polar surface area (TPSA) is 59.0 Å². The fourth-order valence-corrected chi connectivity index (χ4v) is 2.66. The minimum atomic E-state index is -5.04. The van der Waals surface area contributed by atoms with Crippen molar-refractivity contribution in [2.45, 2.75) is 32.0 Å². The Bertz CT molecular complexity index is 771. The molecule has 1 aliphatic rings. The first kappa shape index (κ1) is 19.7. The van der Waals surface area contributed by atoms with Gasteiger partial charge in [0.15, 0.2) is 0 Å². The van der Waals surface area contributed by atoms with Crippen LogP contribution >= 0.6 is 0 Å². The minimum Gasteiger partial charge on any atom is -0.464 e. The van der Waals surface area contributed by atoms with Crippen LogP contribution in [0.3, 0.4) is 0 Å². The number of likely N-dealkylation sites (N-methyl/N-ethyl adjacent to an activating group) is 1. The first-order valence-corrected chi connectivity index (χ1v) is 8.02. The maximum atomic E-state index is 14.0. The Labute approximate surface area is 149 Å². The molecule has 1 aromatic rings. The van der Waals surface area contributed by atoms with E-state index in [1.807, 2.05) is 0 Å². The second kappa shape index (κ2) is 7.31. The Morgan fingerprint density at radius 2 is 1.96 bits per heavy atom. The van der Waals surface area contributed by atoms with Crippen LogP contribution in [0.15, 0.2) is 41.4 Å². The summed E-state index contributed by atoms with van der Waals surface area (Å²) in [5, 5.41) is 0. The zero-order valence-corrected chi connectivity index (χ0v) is 14.6. The van der Waals surface area contributed by atoms with E-state index in [9.17, 15) is 22.8 Å². The first-order chi connectivity index (χ1) is 12.2. The zero-order chi connectivity index (χ0) is 19.5. The number of esters is 1.